The summed E-state index contributed by atoms with van der Waals surface area (Å²) in [5.41, 5.74) is 2.75. The van der Waals surface area contributed by atoms with Crippen molar-refractivity contribution in [2.75, 3.05) is 19.0 Å². The van der Waals surface area contributed by atoms with E-state index in [0.717, 1.165) is 29.7 Å². The van der Waals surface area contributed by atoms with Gasteiger partial charge in [-0.3, -0.25) is 4.79 Å². The maximum atomic E-state index is 13.3. The summed E-state index contributed by atoms with van der Waals surface area (Å²) in [5, 5.41) is 3.18. The zero-order valence-corrected chi connectivity index (χ0v) is 17.8. The van der Waals surface area contributed by atoms with Gasteiger partial charge in [-0.2, -0.15) is 0 Å². The second kappa shape index (κ2) is 7.01. The van der Waals surface area contributed by atoms with Crippen molar-refractivity contribution in [2.24, 2.45) is 0 Å². The summed E-state index contributed by atoms with van der Waals surface area (Å²) in [4.78, 5) is 13.5. The fourth-order valence-corrected chi connectivity index (χ4v) is 6.02. The molecule has 7 heteroatoms. The van der Waals surface area contributed by atoms with E-state index in [0.29, 0.717) is 37.5 Å². The fraction of sp³-hybridized carbons (Fsp3) is 0.435. The van der Waals surface area contributed by atoms with Crippen LogP contribution in [0.4, 0.5) is 5.69 Å². The minimum Gasteiger partial charge on any atom is -0.496 e. The molecule has 0 saturated heterocycles. The van der Waals surface area contributed by atoms with Crippen molar-refractivity contribution in [3.05, 3.63) is 53.1 Å². The lowest BCUT2D eigenvalue weighted by atomic mass is 9.78. The van der Waals surface area contributed by atoms with Gasteiger partial charge in [0.15, 0.2) is 0 Å². The molecule has 1 amide bonds. The zero-order chi connectivity index (χ0) is 20.9. The third kappa shape index (κ3) is 3.07. The molecule has 1 heterocycles. The van der Waals surface area contributed by atoms with Crippen LogP contribution in [0.1, 0.15) is 54.7 Å². The first-order valence-electron chi connectivity index (χ1n) is 10.6. The molecule has 2 aliphatic carbocycles. The largest absolute Gasteiger partial charge is 0.496 e. The van der Waals surface area contributed by atoms with E-state index in [2.05, 4.69) is 22.2 Å². The first kappa shape index (κ1) is 19.4. The van der Waals surface area contributed by atoms with Crippen molar-refractivity contribution < 1.29 is 17.9 Å². The van der Waals surface area contributed by atoms with Crippen LogP contribution in [0.5, 0.6) is 5.75 Å². The molecule has 158 valence electrons. The number of ether oxygens (including phenoxy) is 1. The smallest absolute Gasteiger partial charge is 0.264 e. The van der Waals surface area contributed by atoms with E-state index in [1.54, 1.807) is 19.2 Å². The van der Waals surface area contributed by atoms with Gasteiger partial charge in [-0.05, 0) is 67.3 Å². The Kier molecular flexibility index (Phi) is 4.54. The number of amides is 1. The Bertz CT molecular complexity index is 1120. The van der Waals surface area contributed by atoms with Crippen LogP contribution >= 0.6 is 0 Å². The van der Waals surface area contributed by atoms with Crippen molar-refractivity contribution >= 4 is 21.6 Å². The highest BCUT2D eigenvalue weighted by Crippen LogP contribution is 2.53. The minimum atomic E-state index is -3.96. The number of methoxy groups -OCH3 is 1. The number of hydrogen-bond acceptors (Lipinski definition) is 5. The summed E-state index contributed by atoms with van der Waals surface area (Å²) in [6.07, 6.45) is 5.41. The third-order valence-electron chi connectivity index (χ3n) is 6.84. The highest BCUT2D eigenvalue weighted by Gasteiger charge is 2.54. The number of sulfonamides is 1. The number of rotatable bonds is 6. The SMILES string of the molecule is COc1ccc(C2CCC2)cc1C1(C(=O)NS(=O)(=O)c2cccc3c2CCN3)CC1. The van der Waals surface area contributed by atoms with Crippen molar-refractivity contribution in [3.63, 3.8) is 0 Å². The Labute approximate surface area is 177 Å². The molecule has 1 aliphatic heterocycles. The number of nitrogens with one attached hydrogen (secondary N) is 2. The molecular formula is C23H26N2O4S. The molecule has 0 bridgehead atoms. The molecule has 0 atom stereocenters. The number of fused-ring (bicyclic) bond motifs is 1. The van der Waals surface area contributed by atoms with Crippen LogP contribution in [-0.4, -0.2) is 28.0 Å². The van der Waals surface area contributed by atoms with Gasteiger partial charge < -0.3 is 10.1 Å². The summed E-state index contributed by atoms with van der Waals surface area (Å²) in [7, 11) is -2.37. The van der Waals surface area contributed by atoms with Gasteiger partial charge >= 0.3 is 0 Å². The first-order chi connectivity index (χ1) is 14.4. The Morgan fingerprint density at radius 3 is 2.67 bits per heavy atom. The molecule has 2 fully saturated rings. The predicted molar refractivity (Wildman–Crippen MR) is 114 cm³/mol. The van der Waals surface area contributed by atoms with Gasteiger partial charge in [0.2, 0.25) is 5.91 Å². The van der Waals surface area contributed by atoms with Gasteiger partial charge in [-0.25, -0.2) is 13.1 Å². The average Bonchev–Trinajstić information content (AvgIpc) is 3.36. The average molecular weight is 427 g/mol. The molecule has 0 unspecified atom stereocenters. The Balaban J connectivity index is 1.46. The fourth-order valence-electron chi connectivity index (χ4n) is 4.68. The van der Waals surface area contributed by atoms with Crippen molar-refractivity contribution in [3.8, 4) is 5.75 Å². The lowest BCUT2D eigenvalue weighted by Gasteiger charge is -2.28. The lowest BCUT2D eigenvalue weighted by molar-refractivity contribution is -0.121. The van der Waals surface area contributed by atoms with Crippen LogP contribution in [0.2, 0.25) is 0 Å². The summed E-state index contributed by atoms with van der Waals surface area (Å²) in [5.74, 6) is 0.708. The van der Waals surface area contributed by atoms with E-state index in [1.807, 2.05) is 12.1 Å². The molecule has 2 aromatic carbocycles. The van der Waals surface area contributed by atoms with Gasteiger partial charge in [-0.1, -0.05) is 24.6 Å². The molecule has 0 radical (unpaired) electrons. The topological polar surface area (TPSA) is 84.5 Å². The van der Waals surface area contributed by atoms with Crippen LogP contribution in [0, 0.1) is 0 Å². The van der Waals surface area contributed by atoms with Crippen LogP contribution in [-0.2, 0) is 26.7 Å². The second-order valence-electron chi connectivity index (χ2n) is 8.56. The Hall–Kier alpha value is -2.54. The summed E-state index contributed by atoms with van der Waals surface area (Å²) < 4.78 is 34.1. The van der Waals surface area contributed by atoms with Gasteiger partial charge in [0, 0.05) is 17.8 Å². The van der Waals surface area contributed by atoms with Crippen LogP contribution in [0.3, 0.4) is 0 Å². The molecule has 0 spiro atoms. The van der Waals surface area contributed by atoms with Gasteiger partial charge in [-0.15, -0.1) is 0 Å². The Morgan fingerprint density at radius 1 is 1.20 bits per heavy atom. The normalized spacial score (nSPS) is 19.4. The number of carbonyl (C=O) groups excluding carboxylic acids is 1. The third-order valence-corrected chi connectivity index (χ3v) is 8.26. The molecule has 2 aromatic rings. The summed E-state index contributed by atoms with van der Waals surface area (Å²) in [6, 6.07) is 11.2. The minimum absolute atomic E-state index is 0.185. The monoisotopic (exact) mass is 426 g/mol. The first-order valence-corrected chi connectivity index (χ1v) is 12.0. The Morgan fingerprint density at radius 2 is 2.00 bits per heavy atom. The predicted octanol–water partition coefficient (Wildman–Crippen LogP) is 3.47. The van der Waals surface area contributed by atoms with Crippen LogP contribution in [0.25, 0.3) is 0 Å². The van der Waals surface area contributed by atoms with Crippen LogP contribution < -0.4 is 14.8 Å². The number of anilines is 1. The lowest BCUT2D eigenvalue weighted by Crippen LogP contribution is -2.39. The van der Waals surface area contributed by atoms with E-state index in [9.17, 15) is 13.2 Å². The van der Waals surface area contributed by atoms with Crippen LogP contribution in [0.15, 0.2) is 41.3 Å². The van der Waals surface area contributed by atoms with E-state index in [1.165, 1.54) is 12.0 Å². The maximum Gasteiger partial charge on any atom is 0.264 e. The number of hydrogen-bond donors (Lipinski definition) is 2. The molecule has 0 aromatic heterocycles. The van der Waals surface area contributed by atoms with Gasteiger partial charge in [0.25, 0.3) is 10.0 Å². The standard InChI is InChI=1S/C23H26N2O4S/c1-29-20-9-8-16(15-4-2-5-15)14-18(20)23(11-12-23)22(26)25-30(27,28)21-7-3-6-19-17(21)10-13-24-19/h3,6-9,14-15,24H,2,4-5,10-13H2,1H3,(H,25,26). The van der Waals surface area contributed by atoms with Gasteiger partial charge in [0.05, 0.1) is 17.4 Å². The molecule has 2 N–H and O–H groups in total. The van der Waals surface area contributed by atoms with Crippen molar-refractivity contribution in [1.82, 2.24) is 4.72 Å². The van der Waals surface area contributed by atoms with Crippen molar-refractivity contribution in [1.29, 1.82) is 0 Å². The maximum absolute atomic E-state index is 13.3. The van der Waals surface area contributed by atoms with E-state index >= 15 is 0 Å². The van der Waals surface area contributed by atoms with E-state index in [-0.39, 0.29) is 4.90 Å². The van der Waals surface area contributed by atoms with E-state index in [4.69, 9.17) is 4.74 Å². The van der Waals surface area contributed by atoms with E-state index < -0.39 is 21.3 Å². The number of benzene rings is 2. The molecule has 30 heavy (non-hydrogen) atoms. The molecule has 5 rings (SSSR count). The number of carbonyl (C=O) groups is 1. The molecule has 3 aliphatic rings. The van der Waals surface area contributed by atoms with Gasteiger partial charge in [0.1, 0.15) is 5.75 Å². The summed E-state index contributed by atoms with van der Waals surface area (Å²) in [6.45, 7) is 0.699. The molecular weight excluding hydrogens is 400 g/mol. The second-order valence-corrected chi connectivity index (χ2v) is 10.2. The zero-order valence-electron chi connectivity index (χ0n) is 17.0. The molecule has 6 nitrogen and oxygen atoms in total. The highest BCUT2D eigenvalue weighted by molar-refractivity contribution is 7.90. The highest BCUT2D eigenvalue weighted by atomic mass is 32.2. The summed E-state index contributed by atoms with van der Waals surface area (Å²) >= 11 is 0. The van der Waals surface area contributed by atoms with Crippen molar-refractivity contribution in [2.45, 2.75) is 54.8 Å². The molecule has 2 saturated carbocycles. The quantitative estimate of drug-likeness (QED) is 0.739.